The maximum Gasteiger partial charge on any atom is 0.433 e. The summed E-state index contributed by atoms with van der Waals surface area (Å²) in [6.45, 7) is 1.49. The molecule has 1 aromatic heterocycles. The van der Waals surface area contributed by atoms with Crippen LogP contribution in [0.25, 0.3) is 0 Å². The van der Waals surface area contributed by atoms with Gasteiger partial charge < -0.3 is 14.4 Å². The highest BCUT2D eigenvalue weighted by Crippen LogP contribution is 2.45. The Morgan fingerprint density at radius 3 is 2.59 bits per heavy atom. The number of carbonyl (C=O) groups is 1. The molecule has 2 aromatic rings. The van der Waals surface area contributed by atoms with Gasteiger partial charge in [-0.25, -0.2) is 0 Å². The zero-order chi connectivity index (χ0) is 20.6. The number of alkyl halides is 3. The van der Waals surface area contributed by atoms with Gasteiger partial charge in [0.15, 0.2) is 0 Å². The van der Waals surface area contributed by atoms with Crippen molar-refractivity contribution in [3.63, 3.8) is 0 Å². The van der Waals surface area contributed by atoms with Crippen LogP contribution < -0.4 is 4.74 Å². The van der Waals surface area contributed by atoms with Gasteiger partial charge in [0, 0.05) is 24.8 Å². The second-order valence-corrected chi connectivity index (χ2v) is 7.31. The van der Waals surface area contributed by atoms with E-state index in [-0.39, 0.29) is 11.5 Å². The van der Waals surface area contributed by atoms with Gasteiger partial charge in [-0.05, 0) is 43.0 Å². The van der Waals surface area contributed by atoms with Crippen molar-refractivity contribution in [2.75, 3.05) is 26.8 Å². The molecule has 0 unspecified atom stereocenters. The van der Waals surface area contributed by atoms with Crippen molar-refractivity contribution in [2.24, 2.45) is 0 Å². The molecule has 3 heterocycles. The standard InChI is InChI=1S/C21H21F3N2O3/c1-28-16-4-2-3-14-7-12-29-20(18(14)16)8-10-26(11-9-20)19(27)15-5-6-17(25-13-15)21(22,23)24/h2-6,13H,7-12H2,1H3. The largest absolute Gasteiger partial charge is 0.496 e. The zero-order valence-corrected chi connectivity index (χ0v) is 16.0. The number of nitrogens with zero attached hydrogens (tertiary/aromatic N) is 2. The average molecular weight is 406 g/mol. The van der Waals surface area contributed by atoms with E-state index in [9.17, 15) is 18.0 Å². The van der Waals surface area contributed by atoms with E-state index in [1.807, 2.05) is 12.1 Å². The number of hydrogen-bond acceptors (Lipinski definition) is 4. The molecule has 154 valence electrons. The number of fused-ring (bicyclic) bond motifs is 2. The number of piperidine rings is 1. The van der Waals surface area contributed by atoms with E-state index in [1.165, 1.54) is 11.6 Å². The summed E-state index contributed by atoms with van der Waals surface area (Å²) < 4.78 is 49.8. The molecule has 0 N–H and O–H groups in total. The van der Waals surface area contributed by atoms with Gasteiger partial charge in [0.2, 0.25) is 0 Å². The number of halogens is 3. The Balaban J connectivity index is 1.51. The summed E-state index contributed by atoms with van der Waals surface area (Å²) in [5.41, 5.74) is 0.886. The molecule has 1 spiro atoms. The number of rotatable bonds is 2. The monoisotopic (exact) mass is 406 g/mol. The minimum atomic E-state index is -4.52. The van der Waals surface area contributed by atoms with Crippen LogP contribution in [0.2, 0.25) is 0 Å². The summed E-state index contributed by atoms with van der Waals surface area (Å²) in [6, 6.07) is 7.98. The molecule has 2 aliphatic heterocycles. The van der Waals surface area contributed by atoms with E-state index in [0.717, 1.165) is 30.0 Å². The molecule has 0 aliphatic carbocycles. The van der Waals surface area contributed by atoms with Crippen LogP contribution in [0, 0.1) is 0 Å². The van der Waals surface area contributed by atoms with Gasteiger partial charge in [0.1, 0.15) is 17.0 Å². The van der Waals surface area contributed by atoms with Crippen molar-refractivity contribution >= 4 is 5.91 Å². The van der Waals surface area contributed by atoms with Crippen LogP contribution >= 0.6 is 0 Å². The summed E-state index contributed by atoms with van der Waals surface area (Å²) in [7, 11) is 1.63. The molecule has 29 heavy (non-hydrogen) atoms. The average Bonchev–Trinajstić information content (AvgIpc) is 2.73. The van der Waals surface area contributed by atoms with Gasteiger partial charge in [0.25, 0.3) is 5.91 Å². The van der Waals surface area contributed by atoms with Crippen molar-refractivity contribution in [3.8, 4) is 5.75 Å². The van der Waals surface area contributed by atoms with Gasteiger partial charge in [-0.1, -0.05) is 12.1 Å². The van der Waals surface area contributed by atoms with E-state index in [4.69, 9.17) is 9.47 Å². The van der Waals surface area contributed by atoms with E-state index in [2.05, 4.69) is 11.1 Å². The zero-order valence-electron chi connectivity index (χ0n) is 16.0. The lowest BCUT2D eigenvalue weighted by molar-refractivity contribution is -0.141. The highest BCUT2D eigenvalue weighted by molar-refractivity contribution is 5.94. The third-order valence-electron chi connectivity index (χ3n) is 5.70. The van der Waals surface area contributed by atoms with Gasteiger partial charge in [-0.2, -0.15) is 13.2 Å². The molecule has 8 heteroatoms. The predicted octanol–water partition coefficient (Wildman–Crippen LogP) is 3.81. The Morgan fingerprint density at radius 2 is 1.97 bits per heavy atom. The molecule has 5 nitrogen and oxygen atoms in total. The Kier molecular flexibility index (Phi) is 4.98. The number of likely N-dealkylation sites (tertiary alicyclic amines) is 1. The SMILES string of the molecule is COc1cccc2c1C1(CCN(C(=O)c3ccc(C(F)(F)F)nc3)CC1)OCC2. The van der Waals surface area contributed by atoms with Crippen molar-refractivity contribution in [2.45, 2.75) is 31.0 Å². The number of aromatic nitrogens is 1. The Hall–Kier alpha value is -2.61. The fourth-order valence-corrected chi connectivity index (χ4v) is 4.24. The summed E-state index contributed by atoms with van der Waals surface area (Å²) >= 11 is 0. The number of ether oxygens (including phenoxy) is 2. The van der Waals surface area contributed by atoms with Crippen LogP contribution in [0.5, 0.6) is 5.75 Å². The molecular weight excluding hydrogens is 385 g/mol. The maximum atomic E-state index is 12.7. The van der Waals surface area contributed by atoms with Gasteiger partial charge in [0.05, 0.1) is 19.3 Å². The fraction of sp³-hybridized carbons (Fsp3) is 0.429. The van der Waals surface area contributed by atoms with Crippen LogP contribution in [0.3, 0.4) is 0 Å². The maximum absolute atomic E-state index is 12.7. The lowest BCUT2D eigenvalue weighted by Crippen LogP contribution is -2.48. The van der Waals surface area contributed by atoms with Crippen molar-refractivity contribution in [1.82, 2.24) is 9.88 Å². The number of methoxy groups -OCH3 is 1. The quantitative estimate of drug-likeness (QED) is 0.761. The normalized spacial score (nSPS) is 18.4. The van der Waals surface area contributed by atoms with E-state index in [1.54, 1.807) is 12.0 Å². The first-order valence-corrected chi connectivity index (χ1v) is 9.47. The van der Waals surface area contributed by atoms with E-state index in [0.29, 0.717) is 32.5 Å². The molecule has 4 rings (SSSR count). The van der Waals surface area contributed by atoms with Crippen molar-refractivity contribution in [3.05, 3.63) is 58.9 Å². The summed E-state index contributed by atoms with van der Waals surface area (Å²) in [5.74, 6) is 0.464. The molecule has 1 fully saturated rings. The van der Waals surface area contributed by atoms with Crippen LogP contribution in [-0.4, -0.2) is 42.6 Å². The van der Waals surface area contributed by atoms with E-state index < -0.39 is 17.5 Å². The van der Waals surface area contributed by atoms with Gasteiger partial charge in [-0.3, -0.25) is 9.78 Å². The number of amides is 1. The molecule has 0 saturated carbocycles. The Bertz CT molecular complexity index is 890. The van der Waals surface area contributed by atoms with Gasteiger partial charge >= 0.3 is 6.18 Å². The summed E-state index contributed by atoms with van der Waals surface area (Å²) in [4.78, 5) is 17.8. The van der Waals surface area contributed by atoms with E-state index >= 15 is 0 Å². The lowest BCUT2D eigenvalue weighted by atomic mass is 9.78. The van der Waals surface area contributed by atoms with Crippen LogP contribution in [0.15, 0.2) is 36.5 Å². The van der Waals surface area contributed by atoms with Crippen molar-refractivity contribution in [1.29, 1.82) is 0 Å². The topological polar surface area (TPSA) is 51.7 Å². The number of pyridine rings is 1. The fourth-order valence-electron chi connectivity index (χ4n) is 4.24. The molecule has 1 aromatic carbocycles. The van der Waals surface area contributed by atoms with Crippen molar-refractivity contribution < 1.29 is 27.4 Å². The first-order valence-electron chi connectivity index (χ1n) is 9.47. The highest BCUT2D eigenvalue weighted by Gasteiger charge is 2.43. The molecule has 0 radical (unpaired) electrons. The summed E-state index contributed by atoms with van der Waals surface area (Å²) in [5, 5.41) is 0. The van der Waals surface area contributed by atoms with Crippen LogP contribution in [0.1, 0.15) is 40.0 Å². The molecule has 2 aliphatic rings. The van der Waals surface area contributed by atoms with Crippen LogP contribution in [-0.2, 0) is 22.9 Å². The number of benzene rings is 1. The third kappa shape index (κ3) is 3.57. The molecule has 0 bridgehead atoms. The minimum absolute atomic E-state index is 0.150. The second-order valence-electron chi connectivity index (χ2n) is 7.31. The first-order chi connectivity index (χ1) is 13.8. The number of carbonyl (C=O) groups excluding carboxylic acids is 1. The highest BCUT2D eigenvalue weighted by atomic mass is 19.4. The van der Waals surface area contributed by atoms with Gasteiger partial charge in [-0.15, -0.1) is 0 Å². The first kappa shape index (κ1) is 19.7. The minimum Gasteiger partial charge on any atom is -0.496 e. The Labute approximate surface area is 166 Å². The Morgan fingerprint density at radius 1 is 1.21 bits per heavy atom. The van der Waals surface area contributed by atoms with Crippen LogP contribution in [0.4, 0.5) is 13.2 Å². The number of hydrogen-bond donors (Lipinski definition) is 0. The molecule has 1 saturated heterocycles. The third-order valence-corrected chi connectivity index (χ3v) is 5.70. The summed E-state index contributed by atoms with van der Waals surface area (Å²) in [6.07, 6.45) is -1.52. The predicted molar refractivity (Wildman–Crippen MR) is 98.7 cm³/mol. The molecule has 1 amide bonds. The second kappa shape index (κ2) is 7.33. The molecular formula is C21H21F3N2O3. The molecule has 0 atom stereocenters. The smallest absolute Gasteiger partial charge is 0.433 e. The lowest BCUT2D eigenvalue weighted by Gasteiger charge is -2.45.